The minimum atomic E-state index is -0.270. The van der Waals surface area contributed by atoms with E-state index in [1.807, 2.05) is 16.5 Å². The Bertz CT molecular complexity index is 802. The monoisotopic (exact) mass is 387 g/mol. The van der Waals surface area contributed by atoms with Crippen LogP contribution < -0.4 is 15.5 Å². The Balaban J connectivity index is 1.50. The first-order valence-electron chi connectivity index (χ1n) is 9.98. The normalized spacial score (nSPS) is 17.2. The van der Waals surface area contributed by atoms with E-state index in [-0.39, 0.29) is 11.9 Å². The summed E-state index contributed by atoms with van der Waals surface area (Å²) in [6, 6.07) is 5.38. The fourth-order valence-electron chi connectivity index (χ4n) is 3.51. The maximum Gasteiger partial charge on any atom is 0.191 e. The van der Waals surface area contributed by atoms with Crippen LogP contribution >= 0.6 is 0 Å². The summed E-state index contributed by atoms with van der Waals surface area (Å²) in [6.07, 6.45) is 3.48. The quantitative estimate of drug-likeness (QED) is 0.433. The summed E-state index contributed by atoms with van der Waals surface area (Å²) in [5.41, 5.74) is 2.23. The molecule has 0 bridgehead atoms. The Morgan fingerprint density at radius 2 is 2.25 bits per heavy atom. The SMILES string of the molecule is CCNC(=NCCCn1nc(C)cc1C)NC1CCN(c2ncccc2F)C1. The van der Waals surface area contributed by atoms with Gasteiger partial charge in [-0.25, -0.2) is 9.37 Å². The third kappa shape index (κ3) is 5.21. The number of rotatable bonds is 7. The van der Waals surface area contributed by atoms with Crippen molar-refractivity contribution in [3.8, 4) is 0 Å². The van der Waals surface area contributed by atoms with E-state index >= 15 is 0 Å². The van der Waals surface area contributed by atoms with Gasteiger partial charge in [-0.3, -0.25) is 9.67 Å². The third-order valence-corrected chi connectivity index (χ3v) is 4.81. The van der Waals surface area contributed by atoms with E-state index in [9.17, 15) is 4.39 Å². The van der Waals surface area contributed by atoms with Crippen molar-refractivity contribution in [3.05, 3.63) is 41.6 Å². The van der Waals surface area contributed by atoms with Crippen LogP contribution in [0.2, 0.25) is 0 Å². The van der Waals surface area contributed by atoms with Crippen LogP contribution in [0.25, 0.3) is 0 Å². The Labute approximate surface area is 166 Å². The Morgan fingerprint density at radius 1 is 1.39 bits per heavy atom. The van der Waals surface area contributed by atoms with Gasteiger partial charge in [0.15, 0.2) is 17.6 Å². The van der Waals surface area contributed by atoms with Gasteiger partial charge in [-0.15, -0.1) is 0 Å². The largest absolute Gasteiger partial charge is 0.357 e. The highest BCUT2D eigenvalue weighted by molar-refractivity contribution is 5.80. The summed E-state index contributed by atoms with van der Waals surface area (Å²) in [5.74, 6) is 0.968. The van der Waals surface area contributed by atoms with Gasteiger partial charge in [0.25, 0.3) is 0 Å². The van der Waals surface area contributed by atoms with Crippen molar-refractivity contribution in [2.45, 2.75) is 46.2 Å². The second-order valence-corrected chi connectivity index (χ2v) is 7.15. The maximum atomic E-state index is 14.0. The van der Waals surface area contributed by atoms with Crippen LogP contribution in [0.15, 0.2) is 29.4 Å². The van der Waals surface area contributed by atoms with E-state index in [2.05, 4.69) is 45.6 Å². The summed E-state index contributed by atoms with van der Waals surface area (Å²) in [6.45, 7) is 10.0. The molecule has 1 fully saturated rings. The predicted molar refractivity (Wildman–Crippen MR) is 110 cm³/mol. The lowest BCUT2D eigenvalue weighted by Gasteiger charge is -2.20. The van der Waals surface area contributed by atoms with Crippen molar-refractivity contribution in [3.63, 3.8) is 0 Å². The fourth-order valence-corrected chi connectivity index (χ4v) is 3.51. The number of halogens is 1. The molecular weight excluding hydrogens is 357 g/mol. The number of aromatic nitrogens is 3. The van der Waals surface area contributed by atoms with Crippen LogP contribution in [0.4, 0.5) is 10.2 Å². The minimum absolute atomic E-state index is 0.218. The zero-order valence-electron chi connectivity index (χ0n) is 17.0. The molecule has 1 aliphatic rings. The number of anilines is 1. The zero-order valence-corrected chi connectivity index (χ0v) is 17.0. The molecule has 0 aromatic carbocycles. The van der Waals surface area contributed by atoms with E-state index in [0.717, 1.165) is 50.7 Å². The van der Waals surface area contributed by atoms with Crippen LogP contribution in [0.3, 0.4) is 0 Å². The second-order valence-electron chi connectivity index (χ2n) is 7.15. The predicted octanol–water partition coefficient (Wildman–Crippen LogP) is 2.26. The van der Waals surface area contributed by atoms with Crippen molar-refractivity contribution in [1.82, 2.24) is 25.4 Å². The number of pyridine rings is 1. The van der Waals surface area contributed by atoms with Gasteiger partial charge in [0.2, 0.25) is 0 Å². The number of hydrogen-bond acceptors (Lipinski definition) is 4. The molecule has 0 spiro atoms. The first-order valence-corrected chi connectivity index (χ1v) is 9.98. The molecular formula is C20H30FN7. The van der Waals surface area contributed by atoms with Crippen molar-refractivity contribution >= 4 is 11.8 Å². The van der Waals surface area contributed by atoms with Gasteiger partial charge < -0.3 is 15.5 Å². The standard InChI is InChI=1S/C20H30FN7/c1-4-22-20(24-10-6-11-28-16(3)13-15(2)26-28)25-17-8-12-27(14-17)19-18(21)7-5-9-23-19/h5,7,9,13,17H,4,6,8,10-12,14H2,1-3H3,(H2,22,24,25). The lowest BCUT2D eigenvalue weighted by atomic mass is 10.3. The van der Waals surface area contributed by atoms with E-state index in [4.69, 9.17) is 0 Å². The lowest BCUT2D eigenvalue weighted by molar-refractivity contribution is 0.565. The molecule has 0 saturated carbocycles. The summed E-state index contributed by atoms with van der Waals surface area (Å²) in [4.78, 5) is 10.9. The first kappa shape index (κ1) is 20.1. The van der Waals surface area contributed by atoms with Gasteiger partial charge in [-0.2, -0.15) is 5.10 Å². The summed E-state index contributed by atoms with van der Waals surface area (Å²) in [5, 5.41) is 11.3. The van der Waals surface area contributed by atoms with Crippen molar-refractivity contribution in [1.29, 1.82) is 0 Å². The molecule has 0 amide bonds. The first-order chi connectivity index (χ1) is 13.6. The zero-order chi connectivity index (χ0) is 19.9. The number of aliphatic imine (C=N–C) groups is 1. The molecule has 28 heavy (non-hydrogen) atoms. The smallest absolute Gasteiger partial charge is 0.191 e. The van der Waals surface area contributed by atoms with Gasteiger partial charge in [-0.1, -0.05) is 0 Å². The van der Waals surface area contributed by atoms with E-state index in [1.165, 1.54) is 11.8 Å². The van der Waals surface area contributed by atoms with Crippen LogP contribution in [-0.2, 0) is 6.54 Å². The highest BCUT2D eigenvalue weighted by Gasteiger charge is 2.25. The van der Waals surface area contributed by atoms with Gasteiger partial charge in [0.05, 0.1) is 5.69 Å². The molecule has 1 atom stereocenters. The average Bonchev–Trinajstić information content (AvgIpc) is 3.25. The van der Waals surface area contributed by atoms with E-state index < -0.39 is 0 Å². The molecule has 152 valence electrons. The molecule has 0 radical (unpaired) electrons. The Kier molecular flexibility index (Phi) is 6.84. The molecule has 3 heterocycles. The second kappa shape index (κ2) is 9.52. The van der Waals surface area contributed by atoms with Crippen molar-refractivity contribution < 1.29 is 4.39 Å². The van der Waals surface area contributed by atoms with Crippen LogP contribution in [0.1, 0.15) is 31.2 Å². The van der Waals surface area contributed by atoms with E-state index in [0.29, 0.717) is 12.4 Å². The highest BCUT2D eigenvalue weighted by atomic mass is 19.1. The molecule has 2 aromatic heterocycles. The van der Waals surface area contributed by atoms with Gasteiger partial charge in [-0.05, 0) is 51.8 Å². The minimum Gasteiger partial charge on any atom is -0.357 e. The van der Waals surface area contributed by atoms with Gasteiger partial charge >= 0.3 is 0 Å². The topological polar surface area (TPSA) is 70.4 Å². The summed E-state index contributed by atoms with van der Waals surface area (Å²) >= 11 is 0. The van der Waals surface area contributed by atoms with Crippen LogP contribution in [0, 0.1) is 19.7 Å². The molecule has 1 saturated heterocycles. The molecule has 0 aliphatic carbocycles. The van der Waals surface area contributed by atoms with Crippen LogP contribution in [-0.4, -0.2) is 52.9 Å². The number of guanidine groups is 1. The average molecular weight is 388 g/mol. The number of hydrogen-bond donors (Lipinski definition) is 2. The van der Waals surface area contributed by atoms with Gasteiger partial charge in [0.1, 0.15) is 0 Å². The van der Waals surface area contributed by atoms with Crippen LogP contribution in [0.5, 0.6) is 0 Å². The number of aryl methyl sites for hydroxylation is 3. The lowest BCUT2D eigenvalue weighted by Crippen LogP contribution is -2.44. The van der Waals surface area contributed by atoms with E-state index in [1.54, 1.807) is 12.3 Å². The van der Waals surface area contributed by atoms with Gasteiger partial charge in [0, 0.05) is 50.7 Å². The number of nitrogens with one attached hydrogen (secondary N) is 2. The molecule has 1 aliphatic heterocycles. The Hall–Kier alpha value is -2.64. The third-order valence-electron chi connectivity index (χ3n) is 4.81. The fraction of sp³-hybridized carbons (Fsp3) is 0.550. The summed E-state index contributed by atoms with van der Waals surface area (Å²) in [7, 11) is 0. The van der Waals surface area contributed by atoms with Crippen molar-refractivity contribution in [2.75, 3.05) is 31.1 Å². The molecule has 2 aromatic rings. The summed E-state index contributed by atoms with van der Waals surface area (Å²) < 4.78 is 16.0. The molecule has 3 rings (SSSR count). The molecule has 8 heteroatoms. The molecule has 7 nitrogen and oxygen atoms in total. The Morgan fingerprint density at radius 3 is 2.96 bits per heavy atom. The molecule has 2 N–H and O–H groups in total. The van der Waals surface area contributed by atoms with Crippen molar-refractivity contribution in [2.24, 2.45) is 4.99 Å². The maximum absolute atomic E-state index is 14.0. The number of nitrogens with zero attached hydrogens (tertiary/aromatic N) is 5. The molecule has 1 unspecified atom stereocenters. The highest BCUT2D eigenvalue weighted by Crippen LogP contribution is 2.20.